The molecule has 0 heterocycles. The van der Waals surface area contributed by atoms with Crippen LogP contribution in [0.3, 0.4) is 0 Å². The number of benzene rings is 3. The first-order valence-corrected chi connectivity index (χ1v) is 8.48. The van der Waals surface area contributed by atoms with Crippen LogP contribution in [-0.2, 0) is 4.79 Å². The van der Waals surface area contributed by atoms with Crippen molar-refractivity contribution in [1.29, 1.82) is 0 Å². The SMILES string of the molecule is C[C@@H](Nc1ccc(-c2ccccc2)cc1)C(=O)Nc1cccc(Cl)c1. The van der Waals surface area contributed by atoms with E-state index in [0.29, 0.717) is 10.7 Å². The zero-order chi connectivity index (χ0) is 17.6. The summed E-state index contributed by atoms with van der Waals surface area (Å²) in [6.07, 6.45) is 0. The summed E-state index contributed by atoms with van der Waals surface area (Å²) in [5, 5.41) is 6.66. The fourth-order valence-electron chi connectivity index (χ4n) is 2.52. The average Bonchev–Trinajstić information content (AvgIpc) is 2.63. The fraction of sp³-hybridized carbons (Fsp3) is 0.0952. The lowest BCUT2D eigenvalue weighted by atomic mass is 10.1. The molecule has 0 unspecified atom stereocenters. The van der Waals surface area contributed by atoms with E-state index in [1.165, 1.54) is 5.56 Å². The lowest BCUT2D eigenvalue weighted by molar-refractivity contribution is -0.116. The number of amides is 1. The normalized spacial score (nSPS) is 11.6. The van der Waals surface area contributed by atoms with Gasteiger partial charge in [0.15, 0.2) is 0 Å². The van der Waals surface area contributed by atoms with Crippen LogP contribution < -0.4 is 10.6 Å². The highest BCUT2D eigenvalue weighted by molar-refractivity contribution is 6.30. The van der Waals surface area contributed by atoms with Crippen LogP contribution in [0.5, 0.6) is 0 Å². The predicted molar refractivity (Wildman–Crippen MR) is 105 cm³/mol. The minimum Gasteiger partial charge on any atom is -0.374 e. The van der Waals surface area contributed by atoms with E-state index < -0.39 is 0 Å². The summed E-state index contributed by atoms with van der Waals surface area (Å²) >= 11 is 5.94. The highest BCUT2D eigenvalue weighted by Gasteiger charge is 2.13. The van der Waals surface area contributed by atoms with Gasteiger partial charge in [-0.1, -0.05) is 60.1 Å². The molecule has 1 atom stereocenters. The minimum atomic E-state index is -0.374. The molecule has 0 bridgehead atoms. The summed E-state index contributed by atoms with van der Waals surface area (Å²) in [5.41, 5.74) is 3.89. The maximum Gasteiger partial charge on any atom is 0.246 e. The summed E-state index contributed by atoms with van der Waals surface area (Å²) in [7, 11) is 0. The minimum absolute atomic E-state index is 0.116. The number of carbonyl (C=O) groups excluding carboxylic acids is 1. The molecule has 3 aromatic rings. The van der Waals surface area contributed by atoms with Crippen molar-refractivity contribution in [3.05, 3.63) is 83.9 Å². The number of nitrogens with one attached hydrogen (secondary N) is 2. The molecular weight excluding hydrogens is 332 g/mol. The maximum absolute atomic E-state index is 12.3. The smallest absolute Gasteiger partial charge is 0.246 e. The average molecular weight is 351 g/mol. The molecule has 3 rings (SSSR count). The molecule has 3 nitrogen and oxygen atoms in total. The molecule has 3 aromatic carbocycles. The fourth-order valence-corrected chi connectivity index (χ4v) is 2.71. The van der Waals surface area contributed by atoms with E-state index in [9.17, 15) is 4.79 Å². The molecular formula is C21H19ClN2O. The van der Waals surface area contributed by atoms with E-state index in [0.717, 1.165) is 11.3 Å². The van der Waals surface area contributed by atoms with Crippen molar-refractivity contribution in [1.82, 2.24) is 0 Å². The first-order valence-electron chi connectivity index (χ1n) is 8.10. The predicted octanol–water partition coefficient (Wildman–Crippen LogP) is 5.45. The molecule has 0 spiro atoms. The standard InChI is InChI=1S/C21H19ClN2O/c1-15(21(25)24-20-9-5-8-18(22)14-20)23-19-12-10-17(11-13-19)16-6-3-2-4-7-16/h2-15,23H,1H3,(H,24,25)/t15-/m1/s1. The van der Waals surface area contributed by atoms with Gasteiger partial charge < -0.3 is 10.6 Å². The van der Waals surface area contributed by atoms with Crippen molar-refractivity contribution < 1.29 is 4.79 Å². The summed E-state index contributed by atoms with van der Waals surface area (Å²) in [6.45, 7) is 1.82. The monoisotopic (exact) mass is 350 g/mol. The van der Waals surface area contributed by atoms with Crippen molar-refractivity contribution in [2.45, 2.75) is 13.0 Å². The molecule has 1 amide bonds. The van der Waals surface area contributed by atoms with Gasteiger partial charge in [0.2, 0.25) is 5.91 Å². The lowest BCUT2D eigenvalue weighted by Crippen LogP contribution is -2.31. The number of rotatable bonds is 5. The van der Waals surface area contributed by atoms with Gasteiger partial charge in [-0.15, -0.1) is 0 Å². The van der Waals surface area contributed by atoms with Crippen molar-refractivity contribution in [3.8, 4) is 11.1 Å². The Hall–Kier alpha value is -2.78. The van der Waals surface area contributed by atoms with Gasteiger partial charge in [-0.25, -0.2) is 0 Å². The molecule has 0 radical (unpaired) electrons. The van der Waals surface area contributed by atoms with Crippen LogP contribution in [0.15, 0.2) is 78.9 Å². The summed E-state index contributed by atoms with van der Waals surface area (Å²) in [6, 6.07) is 25.0. The van der Waals surface area contributed by atoms with Crippen LogP contribution in [-0.4, -0.2) is 11.9 Å². The van der Waals surface area contributed by atoms with Crippen molar-refractivity contribution in [3.63, 3.8) is 0 Å². The van der Waals surface area contributed by atoms with Crippen LogP contribution in [0.1, 0.15) is 6.92 Å². The molecule has 2 N–H and O–H groups in total. The van der Waals surface area contributed by atoms with Gasteiger partial charge in [0.1, 0.15) is 6.04 Å². The number of hydrogen-bond acceptors (Lipinski definition) is 2. The molecule has 0 aliphatic carbocycles. The van der Waals surface area contributed by atoms with E-state index >= 15 is 0 Å². The Morgan fingerprint density at radius 3 is 2.20 bits per heavy atom. The lowest BCUT2D eigenvalue weighted by Gasteiger charge is -2.16. The van der Waals surface area contributed by atoms with Crippen molar-refractivity contribution >= 4 is 28.9 Å². The van der Waals surface area contributed by atoms with Crippen LogP contribution in [0, 0.1) is 0 Å². The second kappa shape index (κ2) is 7.86. The molecule has 4 heteroatoms. The van der Waals surface area contributed by atoms with E-state index in [2.05, 4.69) is 22.8 Å². The Labute approximate surface area is 152 Å². The van der Waals surface area contributed by atoms with Crippen molar-refractivity contribution in [2.24, 2.45) is 0 Å². The topological polar surface area (TPSA) is 41.1 Å². The molecule has 0 saturated carbocycles. The first kappa shape index (κ1) is 17.1. The highest BCUT2D eigenvalue weighted by Crippen LogP contribution is 2.21. The first-order chi connectivity index (χ1) is 12.1. The van der Waals surface area contributed by atoms with Crippen molar-refractivity contribution in [2.75, 3.05) is 10.6 Å². The van der Waals surface area contributed by atoms with Gasteiger partial charge in [-0.2, -0.15) is 0 Å². The molecule has 0 aliphatic heterocycles. The van der Waals surface area contributed by atoms with Gasteiger partial charge in [-0.05, 0) is 48.4 Å². The van der Waals surface area contributed by atoms with Crippen LogP contribution >= 0.6 is 11.6 Å². The van der Waals surface area contributed by atoms with E-state index in [4.69, 9.17) is 11.6 Å². The van der Waals surface area contributed by atoms with E-state index in [1.54, 1.807) is 18.2 Å². The zero-order valence-electron chi connectivity index (χ0n) is 13.9. The van der Waals surface area contributed by atoms with Gasteiger partial charge in [0, 0.05) is 16.4 Å². The second-order valence-electron chi connectivity index (χ2n) is 5.81. The largest absolute Gasteiger partial charge is 0.374 e. The Morgan fingerprint density at radius 2 is 1.52 bits per heavy atom. The van der Waals surface area contributed by atoms with E-state index in [-0.39, 0.29) is 11.9 Å². The van der Waals surface area contributed by atoms with Crippen LogP contribution in [0.25, 0.3) is 11.1 Å². The Bertz CT molecular complexity index is 847. The zero-order valence-corrected chi connectivity index (χ0v) is 14.6. The molecule has 0 aromatic heterocycles. The third kappa shape index (κ3) is 4.61. The summed E-state index contributed by atoms with van der Waals surface area (Å²) in [5.74, 6) is -0.116. The third-order valence-corrected chi connectivity index (χ3v) is 4.10. The Balaban J connectivity index is 1.62. The van der Waals surface area contributed by atoms with E-state index in [1.807, 2.05) is 55.5 Å². The Kier molecular flexibility index (Phi) is 5.36. The molecule has 0 aliphatic rings. The van der Waals surface area contributed by atoms with Gasteiger partial charge in [-0.3, -0.25) is 4.79 Å². The van der Waals surface area contributed by atoms with Crippen LogP contribution in [0.4, 0.5) is 11.4 Å². The molecule has 0 fully saturated rings. The number of carbonyl (C=O) groups is 1. The Morgan fingerprint density at radius 1 is 0.840 bits per heavy atom. The number of halogens is 1. The third-order valence-electron chi connectivity index (χ3n) is 3.86. The molecule has 126 valence electrons. The quantitative estimate of drug-likeness (QED) is 0.642. The summed E-state index contributed by atoms with van der Waals surface area (Å²) in [4.78, 5) is 12.3. The summed E-state index contributed by atoms with van der Waals surface area (Å²) < 4.78 is 0. The maximum atomic E-state index is 12.3. The number of anilines is 2. The number of hydrogen-bond donors (Lipinski definition) is 2. The highest BCUT2D eigenvalue weighted by atomic mass is 35.5. The van der Waals surface area contributed by atoms with Gasteiger partial charge in [0.25, 0.3) is 0 Å². The molecule has 0 saturated heterocycles. The second-order valence-corrected chi connectivity index (χ2v) is 6.25. The molecule has 25 heavy (non-hydrogen) atoms. The van der Waals surface area contributed by atoms with Crippen LogP contribution in [0.2, 0.25) is 5.02 Å². The van der Waals surface area contributed by atoms with Gasteiger partial charge in [0.05, 0.1) is 0 Å². The van der Waals surface area contributed by atoms with Gasteiger partial charge >= 0.3 is 0 Å².